The fourth-order valence-electron chi connectivity index (χ4n) is 3.34. The van der Waals surface area contributed by atoms with Crippen molar-refractivity contribution >= 4 is 21.4 Å². The average molecular weight is 462 g/mol. The molecule has 33 heavy (non-hydrogen) atoms. The zero-order chi connectivity index (χ0) is 23.6. The number of nitrogens with zero attached hydrogens (tertiary/aromatic N) is 2. The van der Waals surface area contributed by atoms with Crippen molar-refractivity contribution in [3.05, 3.63) is 90.1 Å². The Balaban J connectivity index is 1.73. The SMILES string of the molecule is COc1cccc(-c2nn(-c3ccc(C)cc3)cc2C(=O)Nc2ccc(S(C)(=O)=O)cc2)c1. The van der Waals surface area contributed by atoms with E-state index in [-0.39, 0.29) is 10.8 Å². The van der Waals surface area contributed by atoms with Crippen LogP contribution in [0.5, 0.6) is 5.75 Å². The van der Waals surface area contributed by atoms with Gasteiger partial charge in [-0.15, -0.1) is 0 Å². The minimum Gasteiger partial charge on any atom is -0.497 e. The predicted molar refractivity (Wildman–Crippen MR) is 128 cm³/mol. The van der Waals surface area contributed by atoms with Gasteiger partial charge in [0.25, 0.3) is 5.91 Å². The van der Waals surface area contributed by atoms with Gasteiger partial charge in [-0.3, -0.25) is 4.79 Å². The second-order valence-electron chi connectivity index (χ2n) is 7.65. The molecule has 0 bridgehead atoms. The van der Waals surface area contributed by atoms with Gasteiger partial charge < -0.3 is 10.1 Å². The van der Waals surface area contributed by atoms with E-state index in [2.05, 4.69) is 10.4 Å². The number of ether oxygens (including phenoxy) is 1. The van der Waals surface area contributed by atoms with E-state index in [0.717, 1.165) is 23.1 Å². The molecule has 0 aliphatic rings. The Morgan fingerprint density at radius 1 is 1.00 bits per heavy atom. The van der Waals surface area contributed by atoms with Crippen molar-refractivity contribution in [3.8, 4) is 22.7 Å². The largest absolute Gasteiger partial charge is 0.497 e. The molecule has 7 nitrogen and oxygen atoms in total. The Morgan fingerprint density at radius 3 is 2.33 bits per heavy atom. The summed E-state index contributed by atoms with van der Waals surface area (Å²) in [6, 6.07) is 21.2. The highest BCUT2D eigenvalue weighted by Crippen LogP contribution is 2.28. The number of anilines is 1. The van der Waals surface area contributed by atoms with E-state index in [1.165, 1.54) is 12.1 Å². The monoisotopic (exact) mass is 461 g/mol. The minimum atomic E-state index is -3.32. The maximum Gasteiger partial charge on any atom is 0.259 e. The third kappa shape index (κ3) is 4.96. The number of methoxy groups -OCH3 is 1. The number of aryl methyl sites for hydroxylation is 1. The molecule has 168 valence electrons. The minimum absolute atomic E-state index is 0.185. The van der Waals surface area contributed by atoms with Crippen molar-refractivity contribution in [2.45, 2.75) is 11.8 Å². The predicted octanol–water partition coefficient (Wildman–Crippen LogP) is 4.51. The van der Waals surface area contributed by atoms with Gasteiger partial charge in [-0.05, 0) is 55.5 Å². The lowest BCUT2D eigenvalue weighted by Crippen LogP contribution is -2.12. The molecule has 1 N–H and O–H groups in total. The second-order valence-corrected chi connectivity index (χ2v) is 9.67. The number of rotatable bonds is 6. The molecule has 3 aromatic carbocycles. The third-order valence-corrected chi connectivity index (χ3v) is 6.27. The Labute approximate surface area is 192 Å². The Kier molecular flexibility index (Phi) is 6.02. The van der Waals surface area contributed by atoms with Crippen molar-refractivity contribution in [1.82, 2.24) is 9.78 Å². The molecule has 1 aromatic heterocycles. The van der Waals surface area contributed by atoms with E-state index in [1.54, 1.807) is 30.1 Å². The number of nitrogens with one attached hydrogen (secondary N) is 1. The number of amides is 1. The second kappa shape index (κ2) is 8.91. The molecule has 0 saturated heterocycles. The average Bonchev–Trinajstić information content (AvgIpc) is 3.25. The molecule has 0 aliphatic heterocycles. The van der Waals surface area contributed by atoms with Gasteiger partial charge in [-0.1, -0.05) is 29.8 Å². The Bertz CT molecular complexity index is 1410. The third-order valence-electron chi connectivity index (χ3n) is 5.14. The van der Waals surface area contributed by atoms with Crippen molar-refractivity contribution in [2.24, 2.45) is 0 Å². The lowest BCUT2D eigenvalue weighted by atomic mass is 10.1. The van der Waals surface area contributed by atoms with Crippen LogP contribution in [0, 0.1) is 6.92 Å². The van der Waals surface area contributed by atoms with Crippen molar-refractivity contribution in [3.63, 3.8) is 0 Å². The summed E-state index contributed by atoms with van der Waals surface area (Å²) in [5, 5.41) is 7.52. The first-order valence-corrected chi connectivity index (χ1v) is 12.1. The van der Waals surface area contributed by atoms with Crippen LogP contribution in [0.3, 0.4) is 0 Å². The number of sulfone groups is 1. The zero-order valence-electron chi connectivity index (χ0n) is 18.4. The van der Waals surface area contributed by atoms with Crippen molar-refractivity contribution in [2.75, 3.05) is 18.7 Å². The number of benzene rings is 3. The van der Waals surface area contributed by atoms with Gasteiger partial charge in [0, 0.05) is 23.7 Å². The summed E-state index contributed by atoms with van der Waals surface area (Å²) < 4.78 is 30.4. The first-order chi connectivity index (χ1) is 15.7. The summed E-state index contributed by atoms with van der Waals surface area (Å²) in [5.74, 6) is 0.290. The fourth-order valence-corrected chi connectivity index (χ4v) is 3.97. The van der Waals surface area contributed by atoms with Crippen LogP contribution in [0.1, 0.15) is 15.9 Å². The summed E-state index contributed by atoms with van der Waals surface area (Å²) >= 11 is 0. The highest BCUT2D eigenvalue weighted by molar-refractivity contribution is 7.90. The molecule has 0 saturated carbocycles. The normalized spacial score (nSPS) is 11.2. The van der Waals surface area contributed by atoms with Crippen molar-refractivity contribution in [1.29, 1.82) is 0 Å². The molecule has 1 amide bonds. The maximum absolute atomic E-state index is 13.2. The first kappa shape index (κ1) is 22.3. The summed E-state index contributed by atoms with van der Waals surface area (Å²) in [6.45, 7) is 2.00. The van der Waals surface area contributed by atoms with E-state index in [1.807, 2.05) is 55.5 Å². The van der Waals surface area contributed by atoms with Crippen LogP contribution in [-0.2, 0) is 9.84 Å². The fraction of sp³-hybridized carbons (Fsp3) is 0.120. The molecule has 0 fully saturated rings. The van der Waals surface area contributed by atoms with E-state index in [4.69, 9.17) is 4.74 Å². The van der Waals surface area contributed by atoms with Crippen LogP contribution in [0.2, 0.25) is 0 Å². The molecule has 4 aromatic rings. The molecule has 0 unspecified atom stereocenters. The van der Waals surface area contributed by atoms with Gasteiger partial charge in [-0.2, -0.15) is 5.10 Å². The van der Waals surface area contributed by atoms with Gasteiger partial charge in [0.1, 0.15) is 11.4 Å². The summed E-state index contributed by atoms with van der Waals surface area (Å²) in [5.41, 5.74) is 4.02. The lowest BCUT2D eigenvalue weighted by molar-refractivity contribution is 0.102. The standard InChI is InChI=1S/C25H23N3O4S/c1-17-7-11-20(12-8-17)28-16-23(24(27-28)18-5-4-6-21(15-18)32-2)25(29)26-19-9-13-22(14-10-19)33(3,30)31/h4-16H,1-3H3,(H,26,29). The highest BCUT2D eigenvalue weighted by atomic mass is 32.2. The quantitative estimate of drug-likeness (QED) is 0.456. The van der Waals surface area contributed by atoms with Gasteiger partial charge in [0.2, 0.25) is 0 Å². The molecular formula is C25H23N3O4S. The molecule has 1 heterocycles. The van der Waals surface area contributed by atoms with Crippen LogP contribution in [0.4, 0.5) is 5.69 Å². The summed E-state index contributed by atoms with van der Waals surface area (Å²) in [7, 11) is -1.74. The molecular weight excluding hydrogens is 438 g/mol. The van der Waals surface area contributed by atoms with Crippen LogP contribution >= 0.6 is 0 Å². The van der Waals surface area contributed by atoms with Crippen LogP contribution in [-0.4, -0.2) is 37.5 Å². The maximum atomic E-state index is 13.2. The molecule has 8 heteroatoms. The van der Waals surface area contributed by atoms with Crippen LogP contribution in [0.15, 0.2) is 83.9 Å². The summed E-state index contributed by atoms with van der Waals surface area (Å²) in [6.07, 6.45) is 2.82. The van der Waals surface area contributed by atoms with E-state index in [0.29, 0.717) is 22.7 Å². The molecule has 0 atom stereocenters. The highest BCUT2D eigenvalue weighted by Gasteiger charge is 2.20. The van der Waals surface area contributed by atoms with Gasteiger partial charge in [0.05, 0.1) is 23.3 Å². The van der Waals surface area contributed by atoms with Gasteiger partial charge >= 0.3 is 0 Å². The molecule has 0 spiro atoms. The van der Waals surface area contributed by atoms with Gasteiger partial charge in [-0.25, -0.2) is 13.1 Å². The lowest BCUT2D eigenvalue weighted by Gasteiger charge is -2.07. The number of aromatic nitrogens is 2. The van der Waals surface area contributed by atoms with E-state index in [9.17, 15) is 13.2 Å². The van der Waals surface area contributed by atoms with E-state index < -0.39 is 9.84 Å². The number of carbonyl (C=O) groups excluding carboxylic acids is 1. The Hall–Kier alpha value is -3.91. The molecule has 0 radical (unpaired) electrons. The van der Waals surface area contributed by atoms with Crippen LogP contribution in [0.25, 0.3) is 16.9 Å². The summed E-state index contributed by atoms with van der Waals surface area (Å²) in [4.78, 5) is 13.4. The van der Waals surface area contributed by atoms with Crippen LogP contribution < -0.4 is 10.1 Å². The van der Waals surface area contributed by atoms with Gasteiger partial charge in [0.15, 0.2) is 9.84 Å². The van der Waals surface area contributed by atoms with E-state index >= 15 is 0 Å². The number of hydrogen-bond acceptors (Lipinski definition) is 5. The number of carbonyl (C=O) groups is 1. The topological polar surface area (TPSA) is 90.3 Å². The number of hydrogen-bond donors (Lipinski definition) is 1. The molecule has 0 aliphatic carbocycles. The Morgan fingerprint density at radius 2 is 1.70 bits per heavy atom. The first-order valence-electron chi connectivity index (χ1n) is 10.2. The smallest absolute Gasteiger partial charge is 0.259 e. The zero-order valence-corrected chi connectivity index (χ0v) is 19.3. The molecule has 4 rings (SSSR count). The van der Waals surface area contributed by atoms with Crippen molar-refractivity contribution < 1.29 is 17.9 Å².